The number of hydrogen-bond donors (Lipinski definition) is 1. The Morgan fingerprint density at radius 3 is 2.48 bits per heavy atom. The van der Waals surface area contributed by atoms with Gasteiger partial charge in [-0.2, -0.15) is 0 Å². The fourth-order valence-electron chi connectivity index (χ4n) is 2.79. The van der Waals surface area contributed by atoms with Crippen molar-refractivity contribution in [1.82, 2.24) is 9.29 Å². The summed E-state index contributed by atoms with van der Waals surface area (Å²) < 4.78 is 35.0. The Bertz CT molecular complexity index is 989. The number of nitrogens with one attached hydrogen (secondary N) is 1. The molecule has 2 aromatic carbocycles. The lowest BCUT2D eigenvalue weighted by molar-refractivity contribution is 0.340. The van der Waals surface area contributed by atoms with E-state index in [1.165, 1.54) is 5.69 Å². The minimum atomic E-state index is -3.56. The van der Waals surface area contributed by atoms with E-state index in [0.29, 0.717) is 12.4 Å². The first-order valence-electron chi connectivity index (χ1n) is 8.18. The van der Waals surface area contributed by atoms with Gasteiger partial charge in [0.15, 0.2) is 0 Å². The van der Waals surface area contributed by atoms with Crippen LogP contribution in [0.1, 0.15) is 18.2 Å². The van der Waals surface area contributed by atoms with Crippen LogP contribution in [0.25, 0.3) is 10.9 Å². The molecule has 0 fully saturated rings. The summed E-state index contributed by atoms with van der Waals surface area (Å²) in [6.45, 7) is 4.73. The molecule has 0 radical (unpaired) electrons. The number of aromatic nitrogens is 1. The van der Waals surface area contributed by atoms with Crippen LogP contribution < -0.4 is 9.46 Å². The Balaban J connectivity index is 1.75. The van der Waals surface area contributed by atoms with Crippen molar-refractivity contribution < 1.29 is 13.2 Å². The summed E-state index contributed by atoms with van der Waals surface area (Å²) in [4.78, 5) is 0.229. The van der Waals surface area contributed by atoms with Crippen molar-refractivity contribution in [3.8, 4) is 5.75 Å². The van der Waals surface area contributed by atoms with Crippen molar-refractivity contribution in [2.75, 3.05) is 6.61 Å². The Kier molecular flexibility index (Phi) is 4.83. The number of rotatable bonds is 6. The average molecular weight is 358 g/mol. The minimum absolute atomic E-state index is 0.229. The van der Waals surface area contributed by atoms with Gasteiger partial charge in [-0.25, -0.2) is 13.1 Å². The molecule has 0 saturated heterocycles. The van der Waals surface area contributed by atoms with Crippen LogP contribution in [-0.2, 0) is 23.6 Å². The van der Waals surface area contributed by atoms with Gasteiger partial charge in [0, 0.05) is 30.2 Å². The molecule has 0 atom stereocenters. The lowest BCUT2D eigenvalue weighted by atomic mass is 10.1. The van der Waals surface area contributed by atoms with Crippen LogP contribution in [0.5, 0.6) is 5.75 Å². The zero-order valence-electron chi connectivity index (χ0n) is 14.6. The van der Waals surface area contributed by atoms with Gasteiger partial charge in [-0.05, 0) is 61.9 Å². The van der Waals surface area contributed by atoms with E-state index >= 15 is 0 Å². The largest absolute Gasteiger partial charge is 0.494 e. The molecule has 1 N–H and O–H groups in total. The molecule has 132 valence electrons. The van der Waals surface area contributed by atoms with Crippen molar-refractivity contribution in [1.29, 1.82) is 0 Å². The Hall–Kier alpha value is -2.31. The molecule has 25 heavy (non-hydrogen) atoms. The maximum atomic E-state index is 12.4. The summed E-state index contributed by atoms with van der Waals surface area (Å²) in [6, 6.07) is 14.5. The van der Waals surface area contributed by atoms with E-state index in [-0.39, 0.29) is 11.4 Å². The summed E-state index contributed by atoms with van der Waals surface area (Å²) in [5.41, 5.74) is 3.23. The van der Waals surface area contributed by atoms with E-state index in [4.69, 9.17) is 4.74 Å². The lowest BCUT2D eigenvalue weighted by Crippen LogP contribution is -2.23. The smallest absolute Gasteiger partial charge is 0.240 e. The molecule has 0 amide bonds. The van der Waals surface area contributed by atoms with Crippen molar-refractivity contribution in [2.45, 2.75) is 25.3 Å². The Labute approximate surface area is 148 Å². The molecule has 3 rings (SSSR count). The molecule has 3 aromatic rings. The first kappa shape index (κ1) is 17.5. The van der Waals surface area contributed by atoms with Gasteiger partial charge in [0.05, 0.1) is 11.5 Å². The highest BCUT2D eigenvalue weighted by molar-refractivity contribution is 7.89. The van der Waals surface area contributed by atoms with Crippen LogP contribution in [0.2, 0.25) is 0 Å². The Morgan fingerprint density at radius 2 is 1.80 bits per heavy atom. The molecule has 0 spiro atoms. The molecule has 0 bridgehead atoms. The van der Waals surface area contributed by atoms with Crippen LogP contribution in [0.15, 0.2) is 53.4 Å². The molecule has 0 aliphatic heterocycles. The maximum Gasteiger partial charge on any atom is 0.240 e. The van der Waals surface area contributed by atoms with E-state index in [1.54, 1.807) is 24.3 Å². The standard InChI is InChI=1S/C19H22N2O3S/c1-4-24-17-6-8-18(9-7-17)25(22,23)20-13-15-5-10-19-16(12-15)11-14(2)21(19)3/h5-12,20H,4,13H2,1-3H3. The van der Waals surface area contributed by atoms with Gasteiger partial charge >= 0.3 is 0 Å². The highest BCUT2D eigenvalue weighted by Crippen LogP contribution is 2.20. The van der Waals surface area contributed by atoms with E-state index in [0.717, 1.165) is 16.5 Å². The van der Waals surface area contributed by atoms with Crippen LogP contribution in [0, 0.1) is 6.92 Å². The van der Waals surface area contributed by atoms with Crippen LogP contribution >= 0.6 is 0 Å². The first-order chi connectivity index (χ1) is 11.9. The summed E-state index contributed by atoms with van der Waals surface area (Å²) >= 11 is 0. The van der Waals surface area contributed by atoms with Gasteiger partial charge in [0.2, 0.25) is 10.0 Å². The van der Waals surface area contributed by atoms with Gasteiger partial charge in [0.1, 0.15) is 5.75 Å². The molecule has 0 unspecified atom stereocenters. The van der Waals surface area contributed by atoms with E-state index < -0.39 is 10.0 Å². The fraction of sp³-hybridized carbons (Fsp3) is 0.263. The number of aryl methyl sites for hydroxylation is 2. The number of sulfonamides is 1. The second kappa shape index (κ2) is 6.90. The summed E-state index contributed by atoms with van der Waals surface area (Å²) in [5, 5.41) is 1.11. The quantitative estimate of drug-likeness (QED) is 0.735. The van der Waals surface area contributed by atoms with Crippen molar-refractivity contribution in [3.63, 3.8) is 0 Å². The topological polar surface area (TPSA) is 60.3 Å². The van der Waals surface area contributed by atoms with Gasteiger partial charge < -0.3 is 9.30 Å². The third kappa shape index (κ3) is 3.70. The van der Waals surface area contributed by atoms with Crippen molar-refractivity contribution in [3.05, 3.63) is 59.8 Å². The van der Waals surface area contributed by atoms with E-state index in [1.807, 2.05) is 39.1 Å². The molecular weight excluding hydrogens is 336 g/mol. The third-order valence-electron chi connectivity index (χ3n) is 4.26. The summed E-state index contributed by atoms with van der Waals surface area (Å²) in [7, 11) is -1.54. The molecule has 0 aliphatic rings. The highest BCUT2D eigenvalue weighted by Gasteiger charge is 2.14. The van der Waals surface area contributed by atoms with Crippen molar-refractivity contribution >= 4 is 20.9 Å². The van der Waals surface area contributed by atoms with Crippen LogP contribution in [0.3, 0.4) is 0 Å². The fourth-order valence-corrected chi connectivity index (χ4v) is 3.81. The molecule has 0 aliphatic carbocycles. The molecule has 1 aromatic heterocycles. The molecular formula is C19H22N2O3S. The predicted octanol–water partition coefficient (Wildman–Crippen LogP) is 3.36. The second-order valence-electron chi connectivity index (χ2n) is 5.97. The number of hydrogen-bond acceptors (Lipinski definition) is 3. The molecule has 6 heteroatoms. The highest BCUT2D eigenvalue weighted by atomic mass is 32.2. The summed E-state index contributed by atoms with van der Waals surface area (Å²) in [5.74, 6) is 0.659. The zero-order valence-corrected chi connectivity index (χ0v) is 15.4. The number of ether oxygens (including phenoxy) is 1. The van der Waals surface area contributed by atoms with Gasteiger partial charge in [-0.15, -0.1) is 0 Å². The lowest BCUT2D eigenvalue weighted by Gasteiger charge is -2.09. The van der Waals surface area contributed by atoms with Gasteiger partial charge in [-0.3, -0.25) is 0 Å². The zero-order chi connectivity index (χ0) is 18.0. The van der Waals surface area contributed by atoms with Crippen LogP contribution in [-0.4, -0.2) is 19.6 Å². The summed E-state index contributed by atoms with van der Waals surface area (Å²) in [6.07, 6.45) is 0. The maximum absolute atomic E-state index is 12.4. The van der Waals surface area contributed by atoms with Gasteiger partial charge in [-0.1, -0.05) is 6.07 Å². The molecule has 1 heterocycles. The molecule has 0 saturated carbocycles. The Morgan fingerprint density at radius 1 is 1.08 bits per heavy atom. The normalized spacial score (nSPS) is 11.8. The van der Waals surface area contributed by atoms with Crippen LogP contribution in [0.4, 0.5) is 0 Å². The van der Waals surface area contributed by atoms with Crippen molar-refractivity contribution in [2.24, 2.45) is 7.05 Å². The SMILES string of the molecule is CCOc1ccc(S(=O)(=O)NCc2ccc3c(c2)cc(C)n3C)cc1. The third-order valence-corrected chi connectivity index (χ3v) is 5.68. The predicted molar refractivity (Wildman–Crippen MR) is 99.3 cm³/mol. The molecule has 5 nitrogen and oxygen atoms in total. The first-order valence-corrected chi connectivity index (χ1v) is 9.66. The monoisotopic (exact) mass is 358 g/mol. The number of fused-ring (bicyclic) bond motifs is 1. The van der Waals surface area contributed by atoms with E-state index in [2.05, 4.69) is 15.4 Å². The van der Waals surface area contributed by atoms with E-state index in [9.17, 15) is 8.42 Å². The minimum Gasteiger partial charge on any atom is -0.494 e. The van der Waals surface area contributed by atoms with Gasteiger partial charge in [0.25, 0.3) is 0 Å². The second-order valence-corrected chi connectivity index (χ2v) is 7.73. The average Bonchev–Trinajstić information content (AvgIpc) is 2.88. The number of nitrogens with zero attached hydrogens (tertiary/aromatic N) is 1. The number of benzene rings is 2.